The van der Waals surface area contributed by atoms with Crippen LogP contribution in [0.1, 0.15) is 42.4 Å². The SMILES string of the molecule is COc1ccc(C(CC(=O)OC(C)C)NC(=O)c2nc(SC)ncc2Cl)cc1. The molecule has 0 radical (unpaired) electrons. The fourth-order valence-electron chi connectivity index (χ4n) is 2.40. The lowest BCUT2D eigenvalue weighted by Crippen LogP contribution is -2.32. The number of thioether (sulfide) groups is 1. The van der Waals surface area contributed by atoms with Gasteiger partial charge in [0.15, 0.2) is 10.9 Å². The van der Waals surface area contributed by atoms with Gasteiger partial charge in [0, 0.05) is 0 Å². The van der Waals surface area contributed by atoms with Crippen molar-refractivity contribution in [3.63, 3.8) is 0 Å². The predicted octanol–water partition coefficient (Wildman–Crippen LogP) is 3.67. The van der Waals surface area contributed by atoms with E-state index in [9.17, 15) is 9.59 Å². The first kappa shape index (κ1) is 22.0. The Hall–Kier alpha value is -2.32. The molecule has 1 aromatic heterocycles. The summed E-state index contributed by atoms with van der Waals surface area (Å²) >= 11 is 7.39. The minimum absolute atomic E-state index is 0.0334. The highest BCUT2D eigenvalue weighted by Gasteiger charge is 2.23. The Labute approximate surface area is 173 Å². The van der Waals surface area contributed by atoms with Crippen LogP contribution in [0, 0.1) is 0 Å². The van der Waals surface area contributed by atoms with Gasteiger partial charge in [0.25, 0.3) is 5.91 Å². The van der Waals surface area contributed by atoms with Crippen molar-refractivity contribution in [1.29, 1.82) is 0 Å². The summed E-state index contributed by atoms with van der Waals surface area (Å²) in [4.78, 5) is 33.2. The molecule has 0 aliphatic heterocycles. The van der Waals surface area contributed by atoms with Gasteiger partial charge in [-0.3, -0.25) is 9.59 Å². The van der Waals surface area contributed by atoms with E-state index in [4.69, 9.17) is 21.1 Å². The number of carbonyl (C=O) groups excluding carboxylic acids is 2. The van der Waals surface area contributed by atoms with Crippen molar-refractivity contribution < 1.29 is 19.1 Å². The van der Waals surface area contributed by atoms with E-state index in [1.165, 1.54) is 18.0 Å². The first-order chi connectivity index (χ1) is 13.3. The molecule has 0 bridgehead atoms. The van der Waals surface area contributed by atoms with Gasteiger partial charge < -0.3 is 14.8 Å². The van der Waals surface area contributed by atoms with Crippen LogP contribution in [-0.2, 0) is 9.53 Å². The third-order valence-corrected chi connectivity index (χ3v) is 4.52. The van der Waals surface area contributed by atoms with Crippen molar-refractivity contribution in [3.05, 3.63) is 46.7 Å². The summed E-state index contributed by atoms with van der Waals surface area (Å²) in [5.74, 6) is -0.252. The zero-order valence-corrected chi connectivity index (χ0v) is 17.6. The van der Waals surface area contributed by atoms with Gasteiger partial charge in [-0.15, -0.1) is 0 Å². The van der Waals surface area contributed by atoms with Crippen LogP contribution in [0.4, 0.5) is 0 Å². The predicted molar refractivity (Wildman–Crippen MR) is 108 cm³/mol. The van der Waals surface area contributed by atoms with E-state index in [-0.39, 0.29) is 23.2 Å². The second kappa shape index (κ2) is 10.3. The summed E-state index contributed by atoms with van der Waals surface area (Å²) in [5.41, 5.74) is 0.780. The van der Waals surface area contributed by atoms with Crippen LogP contribution in [0.2, 0.25) is 5.02 Å². The summed E-state index contributed by atoms with van der Waals surface area (Å²) in [6, 6.07) is 6.45. The standard InChI is InChI=1S/C19H22ClN3O4S/c1-11(2)27-16(24)9-15(12-5-7-13(26-3)8-6-12)22-18(25)17-14(20)10-21-19(23-17)28-4/h5-8,10-11,15H,9H2,1-4H3,(H,22,25). The lowest BCUT2D eigenvalue weighted by atomic mass is 10.0. The average molecular weight is 424 g/mol. The van der Waals surface area contributed by atoms with Gasteiger partial charge >= 0.3 is 5.97 Å². The molecule has 2 rings (SSSR count). The molecule has 1 amide bonds. The molecule has 0 spiro atoms. The highest BCUT2D eigenvalue weighted by Crippen LogP contribution is 2.23. The third-order valence-electron chi connectivity index (χ3n) is 3.68. The van der Waals surface area contributed by atoms with Crippen LogP contribution in [0.25, 0.3) is 0 Å². The summed E-state index contributed by atoms with van der Waals surface area (Å²) in [6.07, 6.45) is 2.90. The number of esters is 1. The van der Waals surface area contributed by atoms with Gasteiger partial charge in [-0.05, 0) is 37.8 Å². The highest BCUT2D eigenvalue weighted by atomic mass is 35.5. The minimum Gasteiger partial charge on any atom is -0.497 e. The largest absolute Gasteiger partial charge is 0.497 e. The molecule has 0 fully saturated rings. The highest BCUT2D eigenvalue weighted by molar-refractivity contribution is 7.98. The number of halogens is 1. The lowest BCUT2D eigenvalue weighted by molar-refractivity contribution is -0.147. The number of hydrogen-bond donors (Lipinski definition) is 1. The van der Waals surface area contributed by atoms with Gasteiger partial charge in [-0.1, -0.05) is 35.5 Å². The molecule has 2 aromatic rings. The smallest absolute Gasteiger partial charge is 0.308 e. The fourth-order valence-corrected chi connectivity index (χ4v) is 2.92. The number of nitrogens with one attached hydrogen (secondary N) is 1. The molecule has 1 heterocycles. The minimum atomic E-state index is -0.617. The molecule has 0 saturated heterocycles. The van der Waals surface area contributed by atoms with E-state index >= 15 is 0 Å². The van der Waals surface area contributed by atoms with Crippen molar-refractivity contribution in [3.8, 4) is 5.75 Å². The number of hydrogen-bond acceptors (Lipinski definition) is 7. The molecule has 1 atom stereocenters. The number of carbonyl (C=O) groups is 2. The Kier molecular flexibility index (Phi) is 8.07. The second-order valence-corrected chi connectivity index (χ2v) is 7.28. The molecule has 1 unspecified atom stereocenters. The number of methoxy groups -OCH3 is 1. The van der Waals surface area contributed by atoms with E-state index in [2.05, 4.69) is 15.3 Å². The number of nitrogens with zero attached hydrogens (tertiary/aromatic N) is 2. The fraction of sp³-hybridized carbons (Fsp3) is 0.368. The Morgan fingerprint density at radius 1 is 1.25 bits per heavy atom. The molecular weight excluding hydrogens is 402 g/mol. The number of benzene rings is 1. The number of ether oxygens (including phenoxy) is 2. The molecule has 0 aliphatic carbocycles. The molecule has 0 aliphatic rings. The van der Waals surface area contributed by atoms with E-state index in [1.54, 1.807) is 51.5 Å². The van der Waals surface area contributed by atoms with E-state index in [0.717, 1.165) is 5.56 Å². The molecule has 28 heavy (non-hydrogen) atoms. The second-order valence-electron chi connectivity index (χ2n) is 6.10. The Morgan fingerprint density at radius 2 is 1.93 bits per heavy atom. The molecule has 1 aromatic carbocycles. The van der Waals surface area contributed by atoms with Crippen molar-refractivity contribution in [2.75, 3.05) is 13.4 Å². The molecule has 0 saturated carbocycles. The van der Waals surface area contributed by atoms with Crippen molar-refractivity contribution in [2.45, 2.75) is 37.6 Å². The van der Waals surface area contributed by atoms with Crippen LogP contribution in [0.5, 0.6) is 5.75 Å². The maximum absolute atomic E-state index is 12.8. The van der Waals surface area contributed by atoms with Crippen LogP contribution < -0.4 is 10.1 Å². The van der Waals surface area contributed by atoms with Crippen LogP contribution >= 0.6 is 23.4 Å². The summed E-state index contributed by atoms with van der Waals surface area (Å²) in [6.45, 7) is 3.53. The topological polar surface area (TPSA) is 90.4 Å². The quantitative estimate of drug-likeness (QED) is 0.393. The van der Waals surface area contributed by atoms with E-state index in [1.807, 2.05) is 0 Å². The van der Waals surface area contributed by atoms with Crippen LogP contribution in [0.3, 0.4) is 0 Å². The molecule has 7 nitrogen and oxygen atoms in total. The third kappa shape index (κ3) is 6.10. The molecule has 1 N–H and O–H groups in total. The summed E-state index contributed by atoms with van der Waals surface area (Å²) in [7, 11) is 1.56. The van der Waals surface area contributed by atoms with E-state index in [0.29, 0.717) is 10.9 Å². The lowest BCUT2D eigenvalue weighted by Gasteiger charge is -2.20. The van der Waals surface area contributed by atoms with Gasteiger partial charge in [0.1, 0.15) is 5.75 Å². The maximum Gasteiger partial charge on any atom is 0.308 e. The zero-order chi connectivity index (χ0) is 20.7. The van der Waals surface area contributed by atoms with Crippen molar-refractivity contribution in [2.24, 2.45) is 0 Å². The Balaban J connectivity index is 2.27. The van der Waals surface area contributed by atoms with E-state index < -0.39 is 17.9 Å². The monoisotopic (exact) mass is 423 g/mol. The Bertz CT molecular complexity index is 830. The number of amides is 1. The van der Waals surface area contributed by atoms with Gasteiger partial charge in [-0.25, -0.2) is 9.97 Å². The van der Waals surface area contributed by atoms with Crippen molar-refractivity contribution >= 4 is 35.2 Å². The molecule has 9 heteroatoms. The zero-order valence-electron chi connectivity index (χ0n) is 16.1. The average Bonchev–Trinajstić information content (AvgIpc) is 2.67. The van der Waals surface area contributed by atoms with Gasteiger partial charge in [-0.2, -0.15) is 0 Å². The van der Waals surface area contributed by atoms with Crippen LogP contribution in [-0.4, -0.2) is 41.3 Å². The number of aromatic nitrogens is 2. The van der Waals surface area contributed by atoms with Crippen LogP contribution in [0.15, 0.2) is 35.6 Å². The number of rotatable bonds is 8. The first-order valence-electron chi connectivity index (χ1n) is 8.54. The van der Waals surface area contributed by atoms with Gasteiger partial charge in [0.05, 0.1) is 36.9 Å². The normalized spacial score (nSPS) is 11.8. The van der Waals surface area contributed by atoms with Crippen molar-refractivity contribution in [1.82, 2.24) is 15.3 Å². The molecular formula is C19H22ClN3O4S. The summed E-state index contributed by atoms with van der Waals surface area (Å²) in [5, 5.41) is 3.38. The van der Waals surface area contributed by atoms with Gasteiger partial charge in [0.2, 0.25) is 0 Å². The summed E-state index contributed by atoms with van der Waals surface area (Å²) < 4.78 is 10.4. The maximum atomic E-state index is 12.8. The Morgan fingerprint density at radius 3 is 2.50 bits per heavy atom. The molecule has 150 valence electrons. The first-order valence-corrected chi connectivity index (χ1v) is 10.1.